The normalized spacial score (nSPS) is 13.9. The fourth-order valence-electron chi connectivity index (χ4n) is 4.53. The summed E-state index contributed by atoms with van der Waals surface area (Å²) in [6, 6.07) is 12.4. The van der Waals surface area contributed by atoms with Crippen LogP contribution in [0, 0.1) is 5.92 Å². The molecule has 5 rings (SSSR count). The molecule has 1 aliphatic rings. The zero-order valence-corrected chi connectivity index (χ0v) is 20.4. The first-order valence-corrected chi connectivity index (χ1v) is 12.1. The number of hydrogen-bond acceptors (Lipinski definition) is 6. The van der Waals surface area contributed by atoms with Crippen LogP contribution in [0.3, 0.4) is 0 Å². The van der Waals surface area contributed by atoms with Crippen molar-refractivity contribution in [2.75, 3.05) is 18.4 Å². The van der Waals surface area contributed by atoms with E-state index in [2.05, 4.69) is 20.3 Å². The highest BCUT2D eigenvalue weighted by molar-refractivity contribution is 6.47. The van der Waals surface area contributed by atoms with Gasteiger partial charge >= 0.3 is 0 Å². The Morgan fingerprint density at radius 1 is 1.00 bits per heavy atom. The number of benzene rings is 1. The summed E-state index contributed by atoms with van der Waals surface area (Å²) in [4.78, 5) is 64.3. The second-order valence-electron chi connectivity index (χ2n) is 8.73. The number of carbonyl (C=O) groups excluding carboxylic acids is 4. The number of halogens is 1. The lowest BCUT2D eigenvalue weighted by Crippen LogP contribution is -2.43. The third kappa shape index (κ3) is 4.85. The van der Waals surface area contributed by atoms with Gasteiger partial charge < -0.3 is 15.2 Å². The highest BCUT2D eigenvalue weighted by Gasteiger charge is 2.32. The van der Waals surface area contributed by atoms with Crippen LogP contribution in [0.1, 0.15) is 44.0 Å². The van der Waals surface area contributed by atoms with E-state index in [0.717, 1.165) is 0 Å². The van der Waals surface area contributed by atoms with Gasteiger partial charge in [-0.25, -0.2) is 4.98 Å². The fourth-order valence-corrected chi connectivity index (χ4v) is 4.77. The molecule has 10 heteroatoms. The summed E-state index contributed by atoms with van der Waals surface area (Å²) >= 11 is 6.35. The topological polar surface area (TPSA) is 125 Å². The molecule has 3 aromatic heterocycles. The third-order valence-electron chi connectivity index (χ3n) is 6.45. The number of Topliss-reactive ketones (excluding diaryl/α,β-unsaturated/α-hetero) is 2. The molecule has 0 saturated carbocycles. The zero-order chi connectivity index (χ0) is 25.9. The van der Waals surface area contributed by atoms with Gasteiger partial charge in [0.25, 0.3) is 17.6 Å². The quantitative estimate of drug-likeness (QED) is 0.293. The van der Waals surface area contributed by atoms with Gasteiger partial charge in [0.2, 0.25) is 0 Å². The maximum Gasteiger partial charge on any atom is 0.295 e. The number of amides is 2. The van der Waals surface area contributed by atoms with E-state index in [1.165, 1.54) is 23.5 Å². The standard InChI is InChI=1S/C27H22ClN5O4/c28-20-15-31-23(26(36)32-18-7-4-10-29-13-18)22-21(20)19(14-30-22)25(35)27(37)33-11-8-17(9-12-33)24(34)16-5-2-1-3-6-16/h1-7,10,13-15,17,30H,8-9,11-12H2,(H,32,36). The lowest BCUT2D eigenvalue weighted by atomic mass is 9.88. The van der Waals surface area contributed by atoms with Gasteiger partial charge in [0.1, 0.15) is 0 Å². The predicted molar refractivity (Wildman–Crippen MR) is 138 cm³/mol. The molecule has 9 nitrogen and oxygen atoms in total. The maximum absolute atomic E-state index is 13.2. The molecule has 0 atom stereocenters. The molecule has 0 radical (unpaired) electrons. The summed E-state index contributed by atoms with van der Waals surface area (Å²) in [5.74, 6) is -2.10. The Bertz CT molecular complexity index is 1500. The van der Waals surface area contributed by atoms with Crippen molar-refractivity contribution < 1.29 is 19.2 Å². The van der Waals surface area contributed by atoms with Crippen molar-refractivity contribution in [1.82, 2.24) is 19.9 Å². The van der Waals surface area contributed by atoms with E-state index in [1.54, 1.807) is 30.5 Å². The molecule has 1 fully saturated rings. The Hall–Kier alpha value is -4.37. The minimum Gasteiger partial charge on any atom is -0.358 e. The number of rotatable bonds is 6. The van der Waals surface area contributed by atoms with Crippen molar-refractivity contribution in [2.45, 2.75) is 12.8 Å². The molecular weight excluding hydrogens is 494 g/mol. The molecule has 1 aromatic carbocycles. The molecule has 2 amide bonds. The van der Waals surface area contributed by atoms with Crippen LogP contribution >= 0.6 is 11.6 Å². The number of nitrogens with zero attached hydrogens (tertiary/aromatic N) is 3. The van der Waals surface area contributed by atoms with E-state index >= 15 is 0 Å². The number of hydrogen-bond donors (Lipinski definition) is 2. The minimum atomic E-state index is -0.745. The fraction of sp³-hybridized carbons (Fsp3) is 0.185. The van der Waals surface area contributed by atoms with Gasteiger partial charge in [-0.1, -0.05) is 41.9 Å². The molecule has 0 unspecified atom stereocenters. The lowest BCUT2D eigenvalue weighted by Gasteiger charge is -2.30. The van der Waals surface area contributed by atoms with Gasteiger partial charge in [0.05, 0.1) is 28.0 Å². The van der Waals surface area contributed by atoms with Crippen LogP contribution in [0.25, 0.3) is 10.9 Å². The number of fused-ring (bicyclic) bond motifs is 1. The summed E-state index contributed by atoms with van der Waals surface area (Å²) in [5.41, 5.74) is 1.45. The molecule has 4 aromatic rings. The number of anilines is 1. The van der Waals surface area contributed by atoms with E-state index in [4.69, 9.17) is 11.6 Å². The van der Waals surface area contributed by atoms with Gasteiger partial charge in [-0.2, -0.15) is 0 Å². The molecule has 0 aliphatic carbocycles. The lowest BCUT2D eigenvalue weighted by molar-refractivity contribution is -0.127. The number of carbonyl (C=O) groups is 4. The summed E-state index contributed by atoms with van der Waals surface area (Å²) in [5, 5.41) is 3.08. The van der Waals surface area contributed by atoms with E-state index in [1.807, 2.05) is 18.2 Å². The third-order valence-corrected chi connectivity index (χ3v) is 6.73. The van der Waals surface area contributed by atoms with E-state index in [0.29, 0.717) is 37.2 Å². The van der Waals surface area contributed by atoms with E-state index in [9.17, 15) is 19.2 Å². The van der Waals surface area contributed by atoms with Crippen molar-refractivity contribution in [2.24, 2.45) is 5.92 Å². The maximum atomic E-state index is 13.2. The number of nitrogens with one attached hydrogen (secondary N) is 2. The van der Waals surface area contributed by atoms with Crippen molar-refractivity contribution >= 4 is 51.6 Å². The number of H-pyrrole nitrogens is 1. The highest BCUT2D eigenvalue weighted by Crippen LogP contribution is 2.30. The summed E-state index contributed by atoms with van der Waals surface area (Å²) < 4.78 is 0. The number of aromatic amines is 1. The number of ketones is 2. The monoisotopic (exact) mass is 515 g/mol. The van der Waals surface area contributed by atoms with E-state index < -0.39 is 17.6 Å². The molecule has 4 heterocycles. The van der Waals surface area contributed by atoms with Gasteiger partial charge in [-0.15, -0.1) is 0 Å². The molecule has 1 saturated heterocycles. The molecule has 1 aliphatic heterocycles. The van der Waals surface area contributed by atoms with Crippen molar-refractivity contribution in [3.63, 3.8) is 0 Å². The Kier molecular flexibility index (Phi) is 6.78. The van der Waals surface area contributed by atoms with Crippen LogP contribution in [0.2, 0.25) is 5.02 Å². The number of likely N-dealkylation sites (tertiary alicyclic amines) is 1. The first kappa shape index (κ1) is 24.3. The number of piperidine rings is 1. The summed E-state index contributed by atoms with van der Waals surface area (Å²) in [6.07, 6.45) is 6.67. The van der Waals surface area contributed by atoms with Crippen LogP contribution in [0.5, 0.6) is 0 Å². The molecule has 37 heavy (non-hydrogen) atoms. The van der Waals surface area contributed by atoms with Gasteiger partial charge in [-0.05, 0) is 25.0 Å². The van der Waals surface area contributed by atoms with Crippen LogP contribution < -0.4 is 5.32 Å². The van der Waals surface area contributed by atoms with E-state index in [-0.39, 0.29) is 38.9 Å². The Morgan fingerprint density at radius 2 is 1.76 bits per heavy atom. The van der Waals surface area contributed by atoms with Crippen molar-refractivity contribution in [3.8, 4) is 0 Å². The molecule has 0 bridgehead atoms. The Labute approximate surface area is 216 Å². The average Bonchev–Trinajstić information content (AvgIpc) is 3.39. The van der Waals surface area contributed by atoms with Gasteiger partial charge in [0, 0.05) is 48.5 Å². The zero-order valence-electron chi connectivity index (χ0n) is 19.6. The molecule has 0 spiro atoms. The van der Waals surface area contributed by atoms with Crippen LogP contribution in [0.4, 0.5) is 5.69 Å². The number of pyridine rings is 2. The van der Waals surface area contributed by atoms with Crippen molar-refractivity contribution in [3.05, 3.63) is 89.1 Å². The highest BCUT2D eigenvalue weighted by atomic mass is 35.5. The van der Waals surface area contributed by atoms with Crippen molar-refractivity contribution in [1.29, 1.82) is 0 Å². The summed E-state index contributed by atoms with van der Waals surface area (Å²) in [7, 11) is 0. The Balaban J connectivity index is 1.32. The van der Waals surface area contributed by atoms with Crippen LogP contribution in [-0.4, -0.2) is 56.3 Å². The second kappa shape index (κ2) is 10.3. The minimum absolute atomic E-state index is 0.0231. The van der Waals surface area contributed by atoms with Gasteiger partial charge in [-0.3, -0.25) is 24.2 Å². The first-order chi connectivity index (χ1) is 17.9. The second-order valence-corrected chi connectivity index (χ2v) is 9.14. The van der Waals surface area contributed by atoms with Crippen LogP contribution in [-0.2, 0) is 4.79 Å². The van der Waals surface area contributed by atoms with Gasteiger partial charge in [0.15, 0.2) is 11.5 Å². The Morgan fingerprint density at radius 3 is 2.46 bits per heavy atom. The first-order valence-electron chi connectivity index (χ1n) is 11.7. The average molecular weight is 516 g/mol. The summed E-state index contributed by atoms with van der Waals surface area (Å²) in [6.45, 7) is 0.592. The largest absolute Gasteiger partial charge is 0.358 e. The molecule has 2 N–H and O–H groups in total. The smallest absolute Gasteiger partial charge is 0.295 e. The van der Waals surface area contributed by atoms with Crippen LogP contribution in [0.15, 0.2) is 67.3 Å². The number of aromatic nitrogens is 3. The SMILES string of the molecule is O=C(Nc1cccnc1)c1ncc(Cl)c2c(C(=O)C(=O)N3CCC(C(=O)c4ccccc4)CC3)c[nH]c12. The molecule has 186 valence electrons. The molecular formula is C27H22ClN5O4. The predicted octanol–water partition coefficient (Wildman–Crippen LogP) is 4.17.